The van der Waals surface area contributed by atoms with Gasteiger partial charge in [-0.05, 0) is 31.0 Å². The molecular weight excluding hydrogens is 233 g/mol. The number of nitrogens with two attached hydrogens (primary N) is 1. The van der Waals surface area contributed by atoms with Crippen LogP contribution in [0.1, 0.15) is 26.3 Å². The predicted octanol–water partition coefficient (Wildman–Crippen LogP) is 2.40. The van der Waals surface area contributed by atoms with Crippen LogP contribution in [-0.2, 0) is 0 Å². The highest BCUT2D eigenvalue weighted by atomic mass is 19.1. The molecule has 0 atom stereocenters. The van der Waals surface area contributed by atoms with Gasteiger partial charge in [0.15, 0.2) is 5.84 Å². The Balaban J connectivity index is 3.03. The first kappa shape index (κ1) is 14.3. The van der Waals surface area contributed by atoms with Crippen molar-refractivity contribution in [3.05, 3.63) is 29.6 Å². The minimum Gasteiger partial charge on any atom is -0.409 e. The fourth-order valence-corrected chi connectivity index (χ4v) is 1.82. The molecule has 0 unspecified atom stereocenters. The molecule has 18 heavy (non-hydrogen) atoms. The maximum atomic E-state index is 14.0. The Hall–Kier alpha value is -1.78. The van der Waals surface area contributed by atoms with Gasteiger partial charge in [0, 0.05) is 18.7 Å². The third-order valence-electron chi connectivity index (χ3n) is 2.66. The summed E-state index contributed by atoms with van der Waals surface area (Å²) in [5, 5.41) is 11.4. The van der Waals surface area contributed by atoms with Crippen molar-refractivity contribution in [2.75, 3.05) is 18.0 Å². The lowest BCUT2D eigenvalue weighted by Crippen LogP contribution is -2.28. The van der Waals surface area contributed by atoms with Gasteiger partial charge in [-0.25, -0.2) is 4.39 Å². The van der Waals surface area contributed by atoms with Crippen LogP contribution in [0.4, 0.5) is 10.1 Å². The zero-order valence-corrected chi connectivity index (χ0v) is 11.0. The fourth-order valence-electron chi connectivity index (χ4n) is 1.82. The van der Waals surface area contributed by atoms with E-state index in [4.69, 9.17) is 10.9 Å². The smallest absolute Gasteiger partial charge is 0.170 e. The molecule has 0 aliphatic rings. The maximum Gasteiger partial charge on any atom is 0.170 e. The van der Waals surface area contributed by atoms with E-state index in [9.17, 15) is 4.39 Å². The van der Waals surface area contributed by atoms with E-state index in [1.165, 1.54) is 6.07 Å². The SMILES string of the molecule is CCN(CC(C)C)c1ccc(/C(N)=N/O)cc1F. The largest absolute Gasteiger partial charge is 0.409 e. The zero-order valence-electron chi connectivity index (χ0n) is 11.0. The molecule has 0 saturated carbocycles. The van der Waals surface area contributed by atoms with Gasteiger partial charge in [-0.15, -0.1) is 0 Å². The average Bonchev–Trinajstić information content (AvgIpc) is 2.35. The van der Waals surface area contributed by atoms with Gasteiger partial charge >= 0.3 is 0 Å². The Labute approximate surface area is 107 Å². The van der Waals surface area contributed by atoms with Crippen LogP contribution in [0.5, 0.6) is 0 Å². The monoisotopic (exact) mass is 253 g/mol. The highest BCUT2D eigenvalue weighted by Gasteiger charge is 2.13. The van der Waals surface area contributed by atoms with Crippen LogP contribution in [-0.4, -0.2) is 24.1 Å². The van der Waals surface area contributed by atoms with Crippen LogP contribution in [0.2, 0.25) is 0 Å². The quantitative estimate of drug-likeness (QED) is 0.366. The van der Waals surface area contributed by atoms with Crippen molar-refractivity contribution in [1.29, 1.82) is 0 Å². The molecule has 0 heterocycles. The van der Waals surface area contributed by atoms with Gasteiger partial charge in [0.2, 0.25) is 0 Å². The van der Waals surface area contributed by atoms with Crippen molar-refractivity contribution in [3.8, 4) is 0 Å². The molecule has 0 aromatic heterocycles. The fraction of sp³-hybridized carbons (Fsp3) is 0.462. The molecule has 1 rings (SSSR count). The number of nitrogens with zero attached hydrogens (tertiary/aromatic N) is 2. The van der Waals surface area contributed by atoms with Crippen molar-refractivity contribution in [3.63, 3.8) is 0 Å². The number of oxime groups is 1. The van der Waals surface area contributed by atoms with Gasteiger partial charge < -0.3 is 15.8 Å². The summed E-state index contributed by atoms with van der Waals surface area (Å²) in [7, 11) is 0. The number of benzene rings is 1. The van der Waals surface area contributed by atoms with Crippen molar-refractivity contribution in [1.82, 2.24) is 0 Å². The predicted molar refractivity (Wildman–Crippen MR) is 71.6 cm³/mol. The lowest BCUT2D eigenvalue weighted by Gasteiger charge is -2.25. The van der Waals surface area contributed by atoms with Crippen molar-refractivity contribution < 1.29 is 9.60 Å². The second-order valence-corrected chi connectivity index (χ2v) is 4.58. The highest BCUT2D eigenvalue weighted by Crippen LogP contribution is 2.21. The van der Waals surface area contributed by atoms with Gasteiger partial charge in [0.25, 0.3) is 0 Å². The molecule has 1 aromatic rings. The maximum absolute atomic E-state index is 14.0. The summed E-state index contributed by atoms with van der Waals surface area (Å²) in [5.41, 5.74) is 6.34. The zero-order chi connectivity index (χ0) is 13.7. The number of hydrogen-bond donors (Lipinski definition) is 2. The molecule has 100 valence electrons. The second kappa shape index (κ2) is 6.23. The normalized spacial score (nSPS) is 11.9. The van der Waals surface area contributed by atoms with E-state index in [-0.39, 0.29) is 11.7 Å². The molecule has 3 N–H and O–H groups in total. The summed E-state index contributed by atoms with van der Waals surface area (Å²) in [4.78, 5) is 1.97. The molecule has 0 spiro atoms. The molecule has 0 amide bonds. The lowest BCUT2D eigenvalue weighted by atomic mass is 10.1. The Morgan fingerprint density at radius 1 is 1.50 bits per heavy atom. The first-order chi connectivity index (χ1) is 8.49. The van der Waals surface area contributed by atoms with Crippen molar-refractivity contribution in [2.45, 2.75) is 20.8 Å². The molecule has 4 nitrogen and oxygen atoms in total. The van der Waals surface area contributed by atoms with Crippen LogP contribution in [0.25, 0.3) is 0 Å². The van der Waals surface area contributed by atoms with E-state index in [0.717, 1.165) is 13.1 Å². The standard InChI is InChI=1S/C13H20FN3O/c1-4-17(8-9(2)3)12-6-5-10(7-11(12)14)13(15)16-18/h5-7,9,18H,4,8H2,1-3H3,(H2,15,16). The number of anilines is 1. The highest BCUT2D eigenvalue weighted by molar-refractivity contribution is 5.97. The van der Waals surface area contributed by atoms with E-state index >= 15 is 0 Å². The van der Waals surface area contributed by atoms with Crippen molar-refractivity contribution in [2.24, 2.45) is 16.8 Å². The molecule has 5 heteroatoms. The van der Waals surface area contributed by atoms with Crippen LogP contribution in [0, 0.1) is 11.7 Å². The summed E-state index contributed by atoms with van der Waals surface area (Å²) in [6.07, 6.45) is 0. The number of rotatable bonds is 5. The Kier molecular flexibility index (Phi) is 4.95. The summed E-state index contributed by atoms with van der Waals surface area (Å²) in [6.45, 7) is 7.68. The third kappa shape index (κ3) is 3.35. The van der Waals surface area contributed by atoms with E-state index in [2.05, 4.69) is 19.0 Å². The van der Waals surface area contributed by atoms with Crippen LogP contribution >= 0.6 is 0 Å². The Morgan fingerprint density at radius 2 is 2.17 bits per heavy atom. The lowest BCUT2D eigenvalue weighted by molar-refractivity contribution is 0.318. The minimum absolute atomic E-state index is 0.0904. The first-order valence-corrected chi connectivity index (χ1v) is 6.02. The third-order valence-corrected chi connectivity index (χ3v) is 2.66. The first-order valence-electron chi connectivity index (χ1n) is 6.02. The van der Waals surface area contributed by atoms with Gasteiger partial charge in [0.1, 0.15) is 5.82 Å². The van der Waals surface area contributed by atoms with Crippen LogP contribution in [0.15, 0.2) is 23.4 Å². The molecule has 0 fully saturated rings. The number of halogens is 1. The van der Waals surface area contributed by atoms with Crippen LogP contribution < -0.4 is 10.6 Å². The molecule has 0 aliphatic heterocycles. The topological polar surface area (TPSA) is 61.8 Å². The Bertz CT molecular complexity index is 432. The average molecular weight is 253 g/mol. The molecule has 1 aromatic carbocycles. The molecule has 0 bridgehead atoms. The van der Waals surface area contributed by atoms with Crippen LogP contribution in [0.3, 0.4) is 0 Å². The summed E-state index contributed by atoms with van der Waals surface area (Å²) >= 11 is 0. The summed E-state index contributed by atoms with van der Waals surface area (Å²) in [5.74, 6) is 0.00191. The van der Waals surface area contributed by atoms with E-state index in [0.29, 0.717) is 17.2 Å². The van der Waals surface area contributed by atoms with Gasteiger partial charge in [-0.1, -0.05) is 19.0 Å². The second-order valence-electron chi connectivity index (χ2n) is 4.58. The number of hydrogen-bond acceptors (Lipinski definition) is 3. The molecular formula is C13H20FN3O. The van der Waals surface area contributed by atoms with Gasteiger partial charge in [0.05, 0.1) is 5.69 Å². The number of amidine groups is 1. The van der Waals surface area contributed by atoms with E-state index in [1.54, 1.807) is 12.1 Å². The molecule has 0 aliphatic carbocycles. The van der Waals surface area contributed by atoms with Gasteiger partial charge in [-0.2, -0.15) is 0 Å². The molecule has 0 saturated heterocycles. The molecule has 0 radical (unpaired) electrons. The van der Waals surface area contributed by atoms with E-state index < -0.39 is 0 Å². The summed E-state index contributed by atoms with van der Waals surface area (Å²) in [6, 6.07) is 4.60. The van der Waals surface area contributed by atoms with Gasteiger partial charge in [-0.3, -0.25) is 0 Å². The Morgan fingerprint density at radius 3 is 2.61 bits per heavy atom. The minimum atomic E-state index is -0.360. The summed E-state index contributed by atoms with van der Waals surface area (Å²) < 4.78 is 14.0. The van der Waals surface area contributed by atoms with Crippen molar-refractivity contribution >= 4 is 11.5 Å². The van der Waals surface area contributed by atoms with E-state index in [1.807, 2.05) is 11.8 Å².